The number of hydrogen-bond donors (Lipinski definition) is 1. The quantitative estimate of drug-likeness (QED) is 0.337. The van der Waals surface area contributed by atoms with Gasteiger partial charge in [0.1, 0.15) is 22.6 Å². The summed E-state index contributed by atoms with van der Waals surface area (Å²) in [6.07, 6.45) is 0.921. The largest absolute Gasteiger partial charge is 0.482 e. The molecule has 0 spiro atoms. The van der Waals surface area contributed by atoms with Crippen LogP contribution in [0.25, 0.3) is 11.0 Å². The van der Waals surface area contributed by atoms with E-state index in [1.54, 1.807) is 24.3 Å². The van der Waals surface area contributed by atoms with Gasteiger partial charge in [-0.05, 0) is 48.2 Å². The lowest BCUT2D eigenvalue weighted by atomic mass is 10.1. The summed E-state index contributed by atoms with van der Waals surface area (Å²) in [6.45, 7) is 6.16. The van der Waals surface area contributed by atoms with Crippen LogP contribution >= 0.6 is 0 Å². The Morgan fingerprint density at radius 2 is 1.74 bits per heavy atom. The van der Waals surface area contributed by atoms with Crippen LogP contribution in [0.15, 0.2) is 57.7 Å². The molecule has 1 heterocycles. The Bertz CT molecular complexity index is 1130. The van der Waals surface area contributed by atoms with Crippen LogP contribution in [0.5, 0.6) is 11.5 Å². The van der Waals surface area contributed by atoms with E-state index in [4.69, 9.17) is 13.9 Å². The van der Waals surface area contributed by atoms with Crippen molar-refractivity contribution in [2.45, 2.75) is 27.2 Å². The summed E-state index contributed by atoms with van der Waals surface area (Å²) in [5, 5.41) is 3.24. The third-order valence-electron chi connectivity index (χ3n) is 4.54. The van der Waals surface area contributed by atoms with E-state index in [0.29, 0.717) is 17.7 Å². The number of carbonyl (C=O) groups excluding carboxylic acids is 2. The van der Waals surface area contributed by atoms with Gasteiger partial charge in [0.2, 0.25) is 0 Å². The molecule has 1 aromatic heterocycles. The van der Waals surface area contributed by atoms with Gasteiger partial charge in [0.25, 0.3) is 5.91 Å². The van der Waals surface area contributed by atoms with Crippen molar-refractivity contribution in [1.29, 1.82) is 0 Å². The number of carbonyl (C=O) groups is 2. The van der Waals surface area contributed by atoms with E-state index in [1.807, 2.05) is 26.0 Å². The molecule has 1 amide bonds. The van der Waals surface area contributed by atoms with Gasteiger partial charge in [-0.15, -0.1) is 0 Å². The first-order chi connectivity index (χ1) is 14.9. The van der Waals surface area contributed by atoms with Crippen molar-refractivity contribution in [3.8, 4) is 11.5 Å². The van der Waals surface area contributed by atoms with Gasteiger partial charge in [0.05, 0.1) is 0 Å². The van der Waals surface area contributed by atoms with Gasteiger partial charge in [-0.1, -0.05) is 32.9 Å². The molecule has 0 aliphatic rings. The third kappa shape index (κ3) is 5.94. The van der Waals surface area contributed by atoms with Crippen LogP contribution < -0.4 is 20.4 Å². The maximum absolute atomic E-state index is 12.2. The second-order valence-corrected chi connectivity index (χ2v) is 7.51. The number of esters is 1. The summed E-state index contributed by atoms with van der Waals surface area (Å²) >= 11 is 0. The summed E-state index contributed by atoms with van der Waals surface area (Å²) in [7, 11) is 0. The number of aryl methyl sites for hydroxylation is 1. The predicted molar refractivity (Wildman–Crippen MR) is 117 cm³/mol. The first-order valence-corrected chi connectivity index (χ1v) is 10.1. The topological polar surface area (TPSA) is 94.8 Å². The molecule has 0 saturated heterocycles. The molecule has 0 saturated carbocycles. The molecule has 0 aliphatic heterocycles. The molecular weight excluding hydrogens is 398 g/mol. The van der Waals surface area contributed by atoms with Crippen molar-refractivity contribution in [2.24, 2.45) is 5.92 Å². The highest BCUT2D eigenvalue weighted by molar-refractivity contribution is 5.96. The summed E-state index contributed by atoms with van der Waals surface area (Å²) in [6, 6.07) is 13.5. The van der Waals surface area contributed by atoms with E-state index in [1.165, 1.54) is 17.7 Å². The van der Waals surface area contributed by atoms with Crippen LogP contribution in [0.1, 0.15) is 36.7 Å². The van der Waals surface area contributed by atoms with Crippen molar-refractivity contribution in [3.63, 3.8) is 0 Å². The minimum Gasteiger partial charge on any atom is -0.482 e. The fraction of sp³-hybridized carbons (Fsp3) is 0.292. The Balaban J connectivity index is 1.66. The van der Waals surface area contributed by atoms with E-state index in [2.05, 4.69) is 12.2 Å². The summed E-state index contributed by atoms with van der Waals surface area (Å²) in [5.74, 6) is -0.0344. The SMILES string of the molecule is CCc1ccc(OCC(=O)Oc2ccc3cc(C(=O)NCC(C)C)c(=O)oc3c2)cc1. The number of rotatable bonds is 8. The lowest BCUT2D eigenvalue weighted by molar-refractivity contribution is -0.136. The molecule has 31 heavy (non-hydrogen) atoms. The fourth-order valence-electron chi connectivity index (χ4n) is 2.83. The molecule has 0 atom stereocenters. The number of hydrogen-bond acceptors (Lipinski definition) is 6. The molecule has 3 rings (SSSR count). The Kier molecular flexibility index (Phi) is 7.07. The van der Waals surface area contributed by atoms with Gasteiger partial charge in [-0.2, -0.15) is 0 Å². The minimum absolute atomic E-state index is 0.0691. The standard InChI is InChI=1S/C24H25NO6/c1-4-16-5-8-18(9-6-16)29-14-22(26)30-19-10-7-17-11-20(23(27)25-13-15(2)3)24(28)31-21(17)12-19/h5-12,15H,4,13-14H2,1-3H3,(H,25,27). The van der Waals surface area contributed by atoms with E-state index < -0.39 is 17.5 Å². The van der Waals surface area contributed by atoms with Crippen molar-refractivity contribution in [1.82, 2.24) is 5.32 Å². The molecular formula is C24H25NO6. The molecule has 0 unspecified atom stereocenters. The van der Waals surface area contributed by atoms with Gasteiger partial charge in [0, 0.05) is 18.0 Å². The van der Waals surface area contributed by atoms with Gasteiger partial charge in [-0.25, -0.2) is 9.59 Å². The molecule has 7 heteroatoms. The second kappa shape index (κ2) is 9.93. The van der Waals surface area contributed by atoms with Crippen LogP contribution in [0.3, 0.4) is 0 Å². The number of amides is 1. The monoisotopic (exact) mass is 423 g/mol. The van der Waals surface area contributed by atoms with E-state index in [0.717, 1.165) is 6.42 Å². The Morgan fingerprint density at radius 3 is 2.42 bits per heavy atom. The van der Waals surface area contributed by atoms with Crippen LogP contribution in [-0.2, 0) is 11.2 Å². The Hall–Kier alpha value is -3.61. The second-order valence-electron chi connectivity index (χ2n) is 7.51. The van der Waals surface area contributed by atoms with Crippen molar-refractivity contribution in [3.05, 3.63) is 70.1 Å². The molecule has 1 N–H and O–H groups in total. The highest BCUT2D eigenvalue weighted by Crippen LogP contribution is 2.21. The van der Waals surface area contributed by atoms with Crippen molar-refractivity contribution < 1.29 is 23.5 Å². The van der Waals surface area contributed by atoms with E-state index in [9.17, 15) is 14.4 Å². The average Bonchev–Trinajstić information content (AvgIpc) is 2.75. The number of fused-ring (bicyclic) bond motifs is 1. The number of nitrogens with one attached hydrogen (secondary N) is 1. The molecule has 0 bridgehead atoms. The van der Waals surface area contributed by atoms with Gasteiger partial charge in [0.15, 0.2) is 6.61 Å². The molecule has 0 radical (unpaired) electrons. The van der Waals surface area contributed by atoms with Crippen molar-refractivity contribution in [2.75, 3.05) is 13.2 Å². The molecule has 3 aromatic rings. The highest BCUT2D eigenvalue weighted by atomic mass is 16.6. The Labute approximate surface area is 180 Å². The smallest absolute Gasteiger partial charge is 0.349 e. The molecule has 7 nitrogen and oxygen atoms in total. The maximum Gasteiger partial charge on any atom is 0.349 e. The molecule has 0 fully saturated rings. The zero-order valence-corrected chi connectivity index (χ0v) is 17.8. The van der Waals surface area contributed by atoms with Crippen LogP contribution in [-0.4, -0.2) is 25.0 Å². The average molecular weight is 423 g/mol. The Morgan fingerprint density at radius 1 is 1.03 bits per heavy atom. The first-order valence-electron chi connectivity index (χ1n) is 10.1. The molecule has 0 aliphatic carbocycles. The summed E-state index contributed by atoms with van der Waals surface area (Å²) < 4.78 is 16.0. The molecule has 162 valence electrons. The van der Waals surface area contributed by atoms with E-state index >= 15 is 0 Å². The number of ether oxygens (including phenoxy) is 2. The summed E-state index contributed by atoms with van der Waals surface area (Å²) in [4.78, 5) is 36.5. The lowest BCUT2D eigenvalue weighted by Crippen LogP contribution is -2.31. The van der Waals surface area contributed by atoms with Crippen LogP contribution in [0.4, 0.5) is 0 Å². The zero-order chi connectivity index (χ0) is 22.4. The third-order valence-corrected chi connectivity index (χ3v) is 4.54. The van der Waals surface area contributed by atoms with Crippen molar-refractivity contribution >= 4 is 22.8 Å². The normalized spacial score (nSPS) is 10.8. The van der Waals surface area contributed by atoms with Gasteiger partial charge in [-0.3, -0.25) is 4.79 Å². The van der Waals surface area contributed by atoms with E-state index in [-0.39, 0.29) is 29.4 Å². The number of benzene rings is 2. The minimum atomic E-state index is -0.754. The predicted octanol–water partition coefficient (Wildman–Crippen LogP) is 3.73. The molecule has 2 aromatic carbocycles. The van der Waals surface area contributed by atoms with Crippen LogP contribution in [0, 0.1) is 5.92 Å². The lowest BCUT2D eigenvalue weighted by Gasteiger charge is -2.09. The zero-order valence-electron chi connectivity index (χ0n) is 17.8. The first kappa shape index (κ1) is 22.1. The van der Waals surface area contributed by atoms with Gasteiger partial charge >= 0.3 is 11.6 Å². The summed E-state index contributed by atoms with van der Waals surface area (Å²) in [5.41, 5.74) is 0.566. The van der Waals surface area contributed by atoms with Crippen LogP contribution in [0.2, 0.25) is 0 Å². The highest BCUT2D eigenvalue weighted by Gasteiger charge is 2.15. The van der Waals surface area contributed by atoms with Gasteiger partial charge < -0.3 is 19.2 Å². The maximum atomic E-state index is 12.2. The fourth-order valence-corrected chi connectivity index (χ4v) is 2.83.